The number of oxazole rings is 1. The van der Waals surface area contributed by atoms with Crippen LogP contribution in [-0.4, -0.2) is 35.5 Å². The largest absolute Gasteiger partial charge is 0.444 e. The second kappa shape index (κ2) is 11.1. The molecule has 1 aromatic heterocycles. The first-order chi connectivity index (χ1) is 16.0. The van der Waals surface area contributed by atoms with Crippen LogP contribution in [0.3, 0.4) is 0 Å². The van der Waals surface area contributed by atoms with Crippen molar-refractivity contribution in [3.8, 4) is 0 Å². The van der Waals surface area contributed by atoms with E-state index in [-0.39, 0.29) is 0 Å². The average Bonchev–Trinajstić information content (AvgIpc) is 3.14. The van der Waals surface area contributed by atoms with E-state index in [1.165, 1.54) is 11.1 Å². The molecular formula is C27H35N5O. The van der Waals surface area contributed by atoms with E-state index in [4.69, 9.17) is 9.41 Å². The Morgan fingerprint density at radius 3 is 2.42 bits per heavy atom. The quantitative estimate of drug-likeness (QED) is 0.393. The predicted octanol–water partition coefficient (Wildman–Crippen LogP) is 5.07. The van der Waals surface area contributed by atoms with Gasteiger partial charge in [-0.3, -0.25) is 4.90 Å². The number of para-hydroxylation sites is 1. The van der Waals surface area contributed by atoms with Crippen LogP contribution in [-0.2, 0) is 13.1 Å². The Balaban J connectivity index is 1.30. The molecule has 2 heterocycles. The highest BCUT2D eigenvalue weighted by molar-refractivity contribution is 5.93. The van der Waals surface area contributed by atoms with E-state index in [2.05, 4.69) is 63.8 Å². The molecule has 0 bridgehead atoms. The van der Waals surface area contributed by atoms with Crippen molar-refractivity contribution in [1.29, 1.82) is 0 Å². The summed E-state index contributed by atoms with van der Waals surface area (Å²) < 4.78 is 5.76. The van der Waals surface area contributed by atoms with Crippen molar-refractivity contribution in [2.24, 2.45) is 10.9 Å². The molecule has 6 nitrogen and oxygen atoms in total. The van der Waals surface area contributed by atoms with Crippen molar-refractivity contribution >= 4 is 11.6 Å². The molecule has 2 aromatic carbocycles. The van der Waals surface area contributed by atoms with Crippen LogP contribution in [0.1, 0.15) is 41.3 Å². The van der Waals surface area contributed by atoms with Crippen LogP contribution in [0.2, 0.25) is 0 Å². The molecule has 0 atom stereocenters. The zero-order valence-electron chi connectivity index (χ0n) is 20.0. The summed E-state index contributed by atoms with van der Waals surface area (Å²) in [7, 11) is 0. The van der Waals surface area contributed by atoms with Gasteiger partial charge in [-0.25, -0.2) is 9.98 Å². The Morgan fingerprint density at radius 2 is 1.76 bits per heavy atom. The van der Waals surface area contributed by atoms with Gasteiger partial charge in [-0.15, -0.1) is 0 Å². The first-order valence-electron chi connectivity index (χ1n) is 11.9. The number of anilines is 1. The van der Waals surface area contributed by atoms with E-state index in [0.29, 0.717) is 12.5 Å². The highest BCUT2D eigenvalue weighted by Gasteiger charge is 2.21. The first-order valence-corrected chi connectivity index (χ1v) is 11.9. The number of nitrogens with zero attached hydrogens (tertiary/aromatic N) is 3. The van der Waals surface area contributed by atoms with Gasteiger partial charge in [-0.05, 0) is 70.3 Å². The molecule has 0 spiro atoms. The maximum atomic E-state index is 5.76. The summed E-state index contributed by atoms with van der Waals surface area (Å²) in [4.78, 5) is 11.8. The lowest BCUT2D eigenvalue weighted by Crippen LogP contribution is -2.40. The topological polar surface area (TPSA) is 65.7 Å². The van der Waals surface area contributed by atoms with Gasteiger partial charge < -0.3 is 15.1 Å². The van der Waals surface area contributed by atoms with Gasteiger partial charge >= 0.3 is 0 Å². The molecule has 1 aliphatic heterocycles. The summed E-state index contributed by atoms with van der Waals surface area (Å²) in [6.45, 7) is 10.6. The summed E-state index contributed by atoms with van der Waals surface area (Å²) in [5, 5.41) is 7.04. The van der Waals surface area contributed by atoms with E-state index in [1.54, 1.807) is 0 Å². The van der Waals surface area contributed by atoms with Gasteiger partial charge in [0.05, 0.1) is 18.8 Å². The fourth-order valence-electron chi connectivity index (χ4n) is 4.05. The minimum atomic E-state index is 0.622. The highest BCUT2D eigenvalue weighted by atomic mass is 16.4. The average molecular weight is 446 g/mol. The minimum absolute atomic E-state index is 0.622. The minimum Gasteiger partial charge on any atom is -0.444 e. The fraction of sp³-hybridized carbons (Fsp3) is 0.407. The van der Waals surface area contributed by atoms with Crippen LogP contribution >= 0.6 is 0 Å². The van der Waals surface area contributed by atoms with Gasteiger partial charge in [0.15, 0.2) is 5.96 Å². The Morgan fingerprint density at radius 1 is 1.03 bits per heavy atom. The fourth-order valence-corrected chi connectivity index (χ4v) is 4.05. The number of hydrogen-bond donors (Lipinski definition) is 2. The summed E-state index contributed by atoms with van der Waals surface area (Å²) in [6.07, 6.45) is 2.31. The Bertz CT molecular complexity index is 1010. The molecule has 0 unspecified atom stereocenters. The zero-order chi connectivity index (χ0) is 23.0. The predicted molar refractivity (Wildman–Crippen MR) is 134 cm³/mol. The third-order valence-corrected chi connectivity index (χ3v) is 6.27. The van der Waals surface area contributed by atoms with Gasteiger partial charge in [-0.2, -0.15) is 0 Å². The van der Waals surface area contributed by atoms with Crippen molar-refractivity contribution in [2.75, 3.05) is 25.0 Å². The summed E-state index contributed by atoms with van der Waals surface area (Å²) in [5.41, 5.74) is 4.51. The standard InChI is InChI=1S/C27H35N5O/c1-20-9-11-23(12-10-20)17-28-27(31-25-7-5-4-6-8-25)29-18-24-13-15-32(16-14-24)19-26-30-21(2)22(3)33-26/h4-12,24H,13-19H2,1-3H3,(H2,28,29,31). The number of hydrogen-bond acceptors (Lipinski definition) is 4. The van der Waals surface area contributed by atoms with Crippen LogP contribution in [0, 0.1) is 26.7 Å². The molecule has 2 N–H and O–H groups in total. The van der Waals surface area contributed by atoms with Gasteiger partial charge in [0.1, 0.15) is 5.76 Å². The Kier molecular flexibility index (Phi) is 7.79. The van der Waals surface area contributed by atoms with Crippen molar-refractivity contribution in [3.63, 3.8) is 0 Å². The van der Waals surface area contributed by atoms with E-state index in [1.807, 2.05) is 32.0 Å². The zero-order valence-corrected chi connectivity index (χ0v) is 20.0. The summed E-state index contributed by atoms with van der Waals surface area (Å²) in [6, 6.07) is 18.8. The lowest BCUT2D eigenvalue weighted by molar-refractivity contribution is 0.164. The second-order valence-electron chi connectivity index (χ2n) is 8.99. The highest BCUT2D eigenvalue weighted by Crippen LogP contribution is 2.19. The van der Waals surface area contributed by atoms with Crippen molar-refractivity contribution < 1.29 is 4.42 Å². The number of piperidine rings is 1. The molecule has 0 amide bonds. The Hall–Kier alpha value is -3.12. The van der Waals surface area contributed by atoms with Crippen molar-refractivity contribution in [2.45, 2.75) is 46.7 Å². The molecule has 3 aromatic rings. The number of aromatic nitrogens is 1. The van der Waals surface area contributed by atoms with Crippen molar-refractivity contribution in [3.05, 3.63) is 83.1 Å². The van der Waals surface area contributed by atoms with E-state index in [9.17, 15) is 0 Å². The molecule has 174 valence electrons. The first kappa shape index (κ1) is 23.1. The van der Waals surface area contributed by atoms with Gasteiger partial charge in [0.25, 0.3) is 0 Å². The molecule has 0 aliphatic carbocycles. The molecule has 4 rings (SSSR count). The SMILES string of the molecule is Cc1ccc(CN=C(NCC2CCN(Cc3nc(C)c(C)o3)CC2)Nc2ccccc2)cc1. The van der Waals surface area contributed by atoms with Crippen LogP contribution in [0.15, 0.2) is 64.0 Å². The number of rotatable bonds is 7. The molecule has 1 aliphatic rings. The molecule has 1 saturated heterocycles. The van der Waals surface area contributed by atoms with Gasteiger partial charge in [0, 0.05) is 12.2 Å². The number of aryl methyl sites for hydroxylation is 3. The van der Waals surface area contributed by atoms with Crippen LogP contribution in [0.25, 0.3) is 0 Å². The lowest BCUT2D eigenvalue weighted by Gasteiger charge is -2.31. The number of aliphatic imine (C=N–C) groups is 1. The third kappa shape index (κ3) is 6.93. The van der Waals surface area contributed by atoms with E-state index >= 15 is 0 Å². The summed E-state index contributed by atoms with van der Waals surface area (Å²) in [5.74, 6) is 3.21. The van der Waals surface area contributed by atoms with Gasteiger partial charge in [-0.1, -0.05) is 48.0 Å². The second-order valence-corrected chi connectivity index (χ2v) is 8.99. The summed E-state index contributed by atoms with van der Waals surface area (Å²) >= 11 is 0. The molecule has 1 fully saturated rings. The third-order valence-electron chi connectivity index (χ3n) is 6.27. The lowest BCUT2D eigenvalue weighted by atomic mass is 9.97. The molecule has 6 heteroatoms. The number of benzene rings is 2. The Labute approximate surface area is 197 Å². The van der Waals surface area contributed by atoms with E-state index < -0.39 is 0 Å². The van der Waals surface area contributed by atoms with E-state index in [0.717, 1.165) is 68.0 Å². The molecule has 0 saturated carbocycles. The van der Waals surface area contributed by atoms with Crippen LogP contribution < -0.4 is 10.6 Å². The maximum Gasteiger partial charge on any atom is 0.208 e. The van der Waals surface area contributed by atoms with Crippen LogP contribution in [0.5, 0.6) is 0 Å². The number of nitrogens with one attached hydrogen (secondary N) is 2. The molecular weight excluding hydrogens is 410 g/mol. The smallest absolute Gasteiger partial charge is 0.208 e. The van der Waals surface area contributed by atoms with Crippen LogP contribution in [0.4, 0.5) is 5.69 Å². The normalized spacial score (nSPS) is 15.5. The monoisotopic (exact) mass is 445 g/mol. The molecule has 0 radical (unpaired) electrons. The van der Waals surface area contributed by atoms with Crippen molar-refractivity contribution in [1.82, 2.24) is 15.2 Å². The number of likely N-dealkylation sites (tertiary alicyclic amines) is 1. The molecule has 33 heavy (non-hydrogen) atoms. The maximum absolute atomic E-state index is 5.76. The number of guanidine groups is 1. The van der Waals surface area contributed by atoms with Gasteiger partial charge in [0.2, 0.25) is 5.89 Å².